The molecule has 0 unspecified atom stereocenters. The van der Waals surface area contributed by atoms with Crippen LogP contribution < -0.4 is 10.1 Å². The third-order valence-electron chi connectivity index (χ3n) is 3.43. The predicted octanol–water partition coefficient (Wildman–Crippen LogP) is 1.75. The van der Waals surface area contributed by atoms with Crippen molar-refractivity contribution >= 4 is 12.0 Å². The highest BCUT2D eigenvalue weighted by molar-refractivity contribution is 5.93. The molecule has 6 heteroatoms. The number of urea groups is 1. The molecule has 2 N–H and O–H groups in total. The number of aliphatic carboxylic acids is 1. The van der Waals surface area contributed by atoms with Gasteiger partial charge in [0.25, 0.3) is 0 Å². The number of nitrogens with one attached hydrogen (secondary N) is 1. The predicted molar refractivity (Wildman–Crippen MR) is 72.4 cm³/mol. The van der Waals surface area contributed by atoms with E-state index in [0.717, 1.165) is 0 Å². The fourth-order valence-corrected chi connectivity index (χ4v) is 2.16. The molecule has 1 aromatic carbocycles. The van der Waals surface area contributed by atoms with Gasteiger partial charge < -0.3 is 20.1 Å². The van der Waals surface area contributed by atoms with Crippen LogP contribution in [0.25, 0.3) is 0 Å². The summed E-state index contributed by atoms with van der Waals surface area (Å²) in [5.74, 6) is -0.374. The van der Waals surface area contributed by atoms with E-state index in [1.165, 1.54) is 11.9 Å². The molecule has 0 fully saturated rings. The zero-order valence-corrected chi connectivity index (χ0v) is 11.5. The van der Waals surface area contributed by atoms with Crippen LogP contribution in [0.3, 0.4) is 0 Å². The lowest BCUT2D eigenvalue weighted by molar-refractivity contribution is -0.133. The zero-order valence-electron chi connectivity index (χ0n) is 11.5. The number of benzene rings is 1. The van der Waals surface area contributed by atoms with Crippen molar-refractivity contribution in [3.63, 3.8) is 0 Å². The summed E-state index contributed by atoms with van der Waals surface area (Å²) in [6, 6.07) is 5.95. The van der Waals surface area contributed by atoms with Crippen molar-refractivity contribution in [2.75, 3.05) is 14.2 Å². The summed E-state index contributed by atoms with van der Waals surface area (Å²) in [5.41, 5.74) is 1.29. The lowest BCUT2D eigenvalue weighted by Crippen LogP contribution is -2.45. The molecule has 20 heavy (non-hydrogen) atoms. The minimum Gasteiger partial charge on any atom is -0.497 e. The summed E-state index contributed by atoms with van der Waals surface area (Å²) in [6.45, 7) is 1.62. The van der Waals surface area contributed by atoms with Gasteiger partial charge >= 0.3 is 12.0 Å². The molecule has 0 bridgehead atoms. The first kappa shape index (κ1) is 13.9. The smallest absolute Gasteiger partial charge is 0.335 e. The Bertz CT molecular complexity index is 577. The molecular formula is C14H16N2O4. The van der Waals surface area contributed by atoms with Gasteiger partial charge in [0.1, 0.15) is 5.75 Å². The van der Waals surface area contributed by atoms with Gasteiger partial charge in [-0.1, -0.05) is 12.1 Å². The average Bonchev–Trinajstić information content (AvgIpc) is 2.44. The van der Waals surface area contributed by atoms with Crippen LogP contribution in [0.15, 0.2) is 35.5 Å². The van der Waals surface area contributed by atoms with Crippen LogP contribution >= 0.6 is 0 Å². The van der Waals surface area contributed by atoms with E-state index in [4.69, 9.17) is 4.74 Å². The number of amides is 2. The molecule has 6 nitrogen and oxygen atoms in total. The number of nitrogens with zero attached hydrogens (tertiary/aromatic N) is 1. The Labute approximate surface area is 116 Å². The maximum Gasteiger partial charge on any atom is 0.335 e. The standard InChI is InChI=1S/C14H16N2O4/c1-8-11(13(17)18)12(15-14(19)16(8)2)9-4-6-10(20-3)7-5-9/h4-7,12H,1-3H3,(H,15,19)(H,17,18)/t12-/m1/s1. The molecule has 1 atom stereocenters. The molecule has 1 aromatic rings. The quantitative estimate of drug-likeness (QED) is 0.881. The van der Waals surface area contributed by atoms with Gasteiger partial charge in [-0.05, 0) is 24.6 Å². The monoisotopic (exact) mass is 276 g/mol. The van der Waals surface area contributed by atoms with Gasteiger partial charge in [-0.15, -0.1) is 0 Å². The van der Waals surface area contributed by atoms with Crippen molar-refractivity contribution in [2.24, 2.45) is 0 Å². The Hall–Kier alpha value is -2.50. The van der Waals surface area contributed by atoms with E-state index < -0.39 is 12.0 Å². The summed E-state index contributed by atoms with van der Waals surface area (Å²) in [5, 5.41) is 12.1. The highest BCUT2D eigenvalue weighted by Gasteiger charge is 2.33. The summed E-state index contributed by atoms with van der Waals surface area (Å²) >= 11 is 0. The van der Waals surface area contributed by atoms with E-state index in [1.54, 1.807) is 38.3 Å². The topological polar surface area (TPSA) is 78.9 Å². The van der Waals surface area contributed by atoms with Gasteiger partial charge in [-0.3, -0.25) is 0 Å². The van der Waals surface area contributed by atoms with E-state index in [9.17, 15) is 14.7 Å². The van der Waals surface area contributed by atoms with Crippen molar-refractivity contribution in [3.8, 4) is 5.75 Å². The first-order valence-corrected chi connectivity index (χ1v) is 6.08. The van der Waals surface area contributed by atoms with Crippen LogP contribution in [-0.2, 0) is 4.79 Å². The highest BCUT2D eigenvalue weighted by Crippen LogP contribution is 2.30. The van der Waals surface area contributed by atoms with E-state index in [0.29, 0.717) is 17.0 Å². The second-order valence-corrected chi connectivity index (χ2v) is 4.52. The van der Waals surface area contributed by atoms with Crippen LogP contribution in [-0.4, -0.2) is 36.2 Å². The molecule has 0 aliphatic carbocycles. The zero-order chi connectivity index (χ0) is 14.9. The first-order valence-electron chi connectivity index (χ1n) is 6.08. The molecule has 1 heterocycles. The molecule has 2 rings (SSSR count). The molecule has 0 aromatic heterocycles. The van der Waals surface area contributed by atoms with Gasteiger partial charge in [0.2, 0.25) is 0 Å². The molecule has 1 aliphatic heterocycles. The van der Waals surface area contributed by atoms with Crippen molar-refractivity contribution in [1.29, 1.82) is 0 Å². The molecule has 0 spiro atoms. The maximum absolute atomic E-state index is 11.8. The number of carbonyl (C=O) groups is 2. The van der Waals surface area contributed by atoms with Gasteiger partial charge in [-0.25, -0.2) is 9.59 Å². The molecule has 0 saturated heterocycles. The Morgan fingerprint density at radius 3 is 2.45 bits per heavy atom. The highest BCUT2D eigenvalue weighted by atomic mass is 16.5. The third-order valence-corrected chi connectivity index (χ3v) is 3.43. The number of methoxy groups -OCH3 is 1. The normalized spacial score (nSPS) is 18.9. The van der Waals surface area contributed by atoms with Crippen LogP contribution in [0.5, 0.6) is 5.75 Å². The number of hydrogen-bond acceptors (Lipinski definition) is 3. The molecule has 0 saturated carbocycles. The first-order chi connectivity index (χ1) is 9.45. The summed E-state index contributed by atoms with van der Waals surface area (Å²) in [6.07, 6.45) is 0. The van der Waals surface area contributed by atoms with E-state index in [-0.39, 0.29) is 11.6 Å². The molecule has 0 radical (unpaired) electrons. The number of ether oxygens (including phenoxy) is 1. The third kappa shape index (κ3) is 2.32. The van der Waals surface area contributed by atoms with E-state index >= 15 is 0 Å². The van der Waals surface area contributed by atoms with Gasteiger partial charge in [0.05, 0.1) is 18.7 Å². The van der Waals surface area contributed by atoms with Crippen LogP contribution in [0.2, 0.25) is 0 Å². The summed E-state index contributed by atoms with van der Waals surface area (Å²) in [4.78, 5) is 24.6. The van der Waals surface area contributed by atoms with Crippen LogP contribution in [0.4, 0.5) is 4.79 Å². The molecule has 2 amide bonds. The molecular weight excluding hydrogens is 260 g/mol. The van der Waals surface area contributed by atoms with Crippen molar-refractivity contribution in [2.45, 2.75) is 13.0 Å². The average molecular weight is 276 g/mol. The fraction of sp³-hybridized carbons (Fsp3) is 0.286. The lowest BCUT2D eigenvalue weighted by Gasteiger charge is -2.32. The molecule has 1 aliphatic rings. The Balaban J connectivity index is 2.47. The summed E-state index contributed by atoms with van der Waals surface area (Å²) < 4.78 is 5.07. The number of carboxylic acid groups (broad SMARTS) is 1. The summed E-state index contributed by atoms with van der Waals surface area (Å²) in [7, 11) is 3.09. The number of carbonyl (C=O) groups excluding carboxylic acids is 1. The van der Waals surface area contributed by atoms with Crippen molar-refractivity contribution in [1.82, 2.24) is 10.2 Å². The minimum absolute atomic E-state index is 0.164. The minimum atomic E-state index is -1.05. The SMILES string of the molecule is COc1ccc([C@H]2NC(=O)N(C)C(C)=C2C(=O)O)cc1. The lowest BCUT2D eigenvalue weighted by atomic mass is 9.95. The van der Waals surface area contributed by atoms with Gasteiger partial charge in [0, 0.05) is 12.7 Å². The van der Waals surface area contributed by atoms with Crippen molar-refractivity contribution in [3.05, 3.63) is 41.1 Å². The molecule has 106 valence electrons. The second-order valence-electron chi connectivity index (χ2n) is 4.52. The Morgan fingerprint density at radius 2 is 1.95 bits per heavy atom. The van der Waals surface area contributed by atoms with E-state index in [1.807, 2.05) is 0 Å². The Morgan fingerprint density at radius 1 is 1.35 bits per heavy atom. The van der Waals surface area contributed by atoms with Crippen LogP contribution in [0.1, 0.15) is 18.5 Å². The number of allylic oxidation sites excluding steroid dienone is 1. The maximum atomic E-state index is 11.8. The van der Waals surface area contributed by atoms with Crippen LogP contribution in [0, 0.1) is 0 Å². The van der Waals surface area contributed by atoms with Gasteiger partial charge in [-0.2, -0.15) is 0 Å². The second kappa shape index (κ2) is 5.24. The largest absolute Gasteiger partial charge is 0.497 e. The Kier molecular flexibility index (Phi) is 3.65. The van der Waals surface area contributed by atoms with E-state index in [2.05, 4.69) is 5.32 Å². The number of rotatable bonds is 3. The fourth-order valence-electron chi connectivity index (χ4n) is 2.16. The number of hydrogen-bond donors (Lipinski definition) is 2. The number of carboxylic acids is 1. The van der Waals surface area contributed by atoms with Gasteiger partial charge in [0.15, 0.2) is 0 Å². The van der Waals surface area contributed by atoms with Crippen molar-refractivity contribution < 1.29 is 19.4 Å².